The molecular formula is C23H23F4N3O4S. The van der Waals surface area contributed by atoms with Crippen LogP contribution < -0.4 is 10.0 Å². The van der Waals surface area contributed by atoms with E-state index >= 15 is 0 Å². The van der Waals surface area contributed by atoms with Crippen molar-refractivity contribution in [3.05, 3.63) is 64.2 Å². The van der Waals surface area contributed by atoms with Gasteiger partial charge in [-0.15, -0.1) is 6.42 Å². The number of nitrogens with zero attached hydrogens (tertiary/aromatic N) is 1. The number of amides is 1. The van der Waals surface area contributed by atoms with Crippen molar-refractivity contribution in [2.75, 3.05) is 24.7 Å². The zero-order valence-electron chi connectivity index (χ0n) is 18.9. The van der Waals surface area contributed by atoms with Crippen molar-refractivity contribution in [2.45, 2.75) is 25.6 Å². The number of aryl methyl sites for hydroxylation is 1. The normalized spacial score (nSPS) is 11.9. The van der Waals surface area contributed by atoms with E-state index in [-0.39, 0.29) is 35.5 Å². The Balaban J connectivity index is 2.15. The van der Waals surface area contributed by atoms with Gasteiger partial charge in [0, 0.05) is 32.0 Å². The first-order valence-electron chi connectivity index (χ1n) is 10.1. The molecule has 0 fully saturated rings. The number of carbonyl (C=O) groups is 1. The summed E-state index contributed by atoms with van der Waals surface area (Å²) in [5.74, 6) is 0.669. The van der Waals surface area contributed by atoms with Gasteiger partial charge in [-0.2, -0.15) is 13.2 Å². The second-order valence-electron chi connectivity index (χ2n) is 7.40. The third-order valence-corrected chi connectivity index (χ3v) is 5.11. The van der Waals surface area contributed by atoms with Gasteiger partial charge in [0.1, 0.15) is 11.5 Å². The SMILES string of the molecule is C#Cc1cc(CNC(=O)/C=C\c2ccc(C(F)(F)F)nc2CCCOC)cc(F)c1NS(C)(=O)=O. The molecule has 35 heavy (non-hydrogen) atoms. The smallest absolute Gasteiger partial charge is 0.385 e. The Labute approximate surface area is 200 Å². The fraction of sp³-hybridized carbons (Fsp3) is 0.304. The quantitative estimate of drug-likeness (QED) is 0.219. The molecule has 12 heteroatoms. The van der Waals surface area contributed by atoms with E-state index in [9.17, 15) is 30.8 Å². The number of benzene rings is 1. The van der Waals surface area contributed by atoms with Crippen molar-refractivity contribution in [1.29, 1.82) is 0 Å². The first-order chi connectivity index (χ1) is 16.3. The van der Waals surface area contributed by atoms with E-state index < -0.39 is 33.6 Å². The number of aromatic nitrogens is 1. The van der Waals surface area contributed by atoms with E-state index in [0.717, 1.165) is 24.5 Å². The Morgan fingerprint density at radius 3 is 2.60 bits per heavy atom. The standard InChI is InChI=1S/C23H23F4N3O4S/c1-4-16-12-15(13-18(24)22(16)30-35(3,32)33)14-28-21(31)10-8-17-7-9-20(23(25,26)27)29-19(17)6-5-11-34-2/h1,7-10,12-13,30H,5-6,11,14H2,2-3H3,(H,28,31)/b10-8-. The number of alkyl halides is 3. The molecule has 188 valence electrons. The highest BCUT2D eigenvalue weighted by Gasteiger charge is 2.32. The Kier molecular flexibility index (Phi) is 9.39. The average Bonchev–Trinajstić information content (AvgIpc) is 2.76. The second kappa shape index (κ2) is 11.8. The number of rotatable bonds is 10. The molecule has 2 aromatic rings. The minimum Gasteiger partial charge on any atom is -0.385 e. The number of ether oxygens (including phenoxy) is 1. The molecular weight excluding hydrogens is 490 g/mol. The van der Waals surface area contributed by atoms with Gasteiger partial charge in [-0.25, -0.2) is 17.8 Å². The highest BCUT2D eigenvalue weighted by Crippen LogP contribution is 2.29. The number of sulfonamides is 1. The molecule has 0 bridgehead atoms. The zero-order chi connectivity index (χ0) is 26.2. The predicted molar refractivity (Wildman–Crippen MR) is 123 cm³/mol. The van der Waals surface area contributed by atoms with Gasteiger partial charge in [0.15, 0.2) is 0 Å². The first kappa shape index (κ1) is 27.8. The summed E-state index contributed by atoms with van der Waals surface area (Å²) in [7, 11) is -2.29. The zero-order valence-corrected chi connectivity index (χ0v) is 19.7. The number of halogens is 4. The van der Waals surface area contributed by atoms with Crippen molar-refractivity contribution in [3.8, 4) is 12.3 Å². The predicted octanol–water partition coefficient (Wildman–Crippen LogP) is 3.50. The van der Waals surface area contributed by atoms with Gasteiger partial charge in [-0.3, -0.25) is 9.52 Å². The van der Waals surface area contributed by atoms with E-state index in [2.05, 4.69) is 16.2 Å². The summed E-state index contributed by atoms with van der Waals surface area (Å²) in [6.45, 7) is 0.191. The molecule has 0 saturated heterocycles. The van der Waals surface area contributed by atoms with Gasteiger partial charge in [-0.1, -0.05) is 12.0 Å². The van der Waals surface area contributed by atoms with Crippen LogP contribution in [0.2, 0.25) is 0 Å². The minimum absolute atomic E-state index is 0.0493. The Morgan fingerprint density at radius 1 is 1.29 bits per heavy atom. The summed E-state index contributed by atoms with van der Waals surface area (Å²) in [4.78, 5) is 15.9. The van der Waals surface area contributed by atoms with Gasteiger partial charge in [-0.05, 0) is 48.2 Å². The highest BCUT2D eigenvalue weighted by atomic mass is 32.2. The van der Waals surface area contributed by atoms with Gasteiger partial charge in [0.25, 0.3) is 0 Å². The first-order valence-corrected chi connectivity index (χ1v) is 12.0. The highest BCUT2D eigenvalue weighted by molar-refractivity contribution is 7.92. The Hall–Kier alpha value is -3.43. The van der Waals surface area contributed by atoms with Gasteiger partial charge in [0.05, 0.1) is 17.5 Å². The van der Waals surface area contributed by atoms with Crippen LogP contribution in [0, 0.1) is 18.2 Å². The molecule has 1 aromatic heterocycles. The summed E-state index contributed by atoms with van der Waals surface area (Å²) in [6.07, 6.45) is 4.67. The van der Waals surface area contributed by atoms with Gasteiger partial charge in [0.2, 0.25) is 15.9 Å². The second-order valence-corrected chi connectivity index (χ2v) is 9.14. The molecule has 0 atom stereocenters. The molecule has 0 aliphatic carbocycles. The minimum atomic E-state index is -4.60. The van der Waals surface area contributed by atoms with Crippen LogP contribution in [0.3, 0.4) is 0 Å². The van der Waals surface area contributed by atoms with Crippen LogP contribution in [0.5, 0.6) is 0 Å². The molecule has 7 nitrogen and oxygen atoms in total. The van der Waals surface area contributed by atoms with Crippen LogP contribution in [-0.4, -0.2) is 39.3 Å². The van der Waals surface area contributed by atoms with Crippen LogP contribution in [0.15, 0.2) is 30.3 Å². The lowest BCUT2D eigenvalue weighted by Crippen LogP contribution is -2.21. The maximum Gasteiger partial charge on any atom is 0.433 e. The van der Waals surface area contributed by atoms with E-state index in [1.807, 2.05) is 4.72 Å². The number of pyridine rings is 1. The summed E-state index contributed by atoms with van der Waals surface area (Å²) < 4.78 is 83.1. The Morgan fingerprint density at radius 2 is 2.00 bits per heavy atom. The molecule has 1 heterocycles. The lowest BCUT2D eigenvalue weighted by atomic mass is 10.1. The van der Waals surface area contributed by atoms with Crippen LogP contribution in [0.4, 0.5) is 23.2 Å². The number of hydrogen-bond acceptors (Lipinski definition) is 5. The summed E-state index contributed by atoms with van der Waals surface area (Å²) in [5, 5.41) is 2.50. The van der Waals surface area contributed by atoms with Crippen molar-refractivity contribution < 1.29 is 35.5 Å². The van der Waals surface area contributed by atoms with Gasteiger partial charge >= 0.3 is 6.18 Å². The van der Waals surface area contributed by atoms with E-state index in [1.165, 1.54) is 25.3 Å². The average molecular weight is 514 g/mol. The van der Waals surface area contributed by atoms with E-state index in [4.69, 9.17) is 11.2 Å². The molecule has 1 amide bonds. The van der Waals surface area contributed by atoms with Crippen LogP contribution in [0.1, 0.15) is 34.5 Å². The van der Waals surface area contributed by atoms with Crippen LogP contribution in [-0.2, 0) is 38.7 Å². The maximum absolute atomic E-state index is 14.4. The summed E-state index contributed by atoms with van der Waals surface area (Å²) in [5.41, 5.74) is -0.691. The largest absolute Gasteiger partial charge is 0.433 e. The Bertz CT molecular complexity index is 1250. The molecule has 0 radical (unpaired) electrons. The van der Waals surface area contributed by atoms with Crippen molar-refractivity contribution in [3.63, 3.8) is 0 Å². The summed E-state index contributed by atoms with van der Waals surface area (Å²) in [6, 6.07) is 4.41. The van der Waals surface area contributed by atoms with E-state index in [1.54, 1.807) is 0 Å². The van der Waals surface area contributed by atoms with Crippen molar-refractivity contribution in [1.82, 2.24) is 10.3 Å². The fourth-order valence-corrected chi connectivity index (χ4v) is 3.57. The molecule has 0 aliphatic heterocycles. The maximum atomic E-state index is 14.4. The molecule has 0 saturated carbocycles. The molecule has 1 aromatic carbocycles. The molecule has 0 spiro atoms. The molecule has 2 rings (SSSR count). The third-order valence-electron chi connectivity index (χ3n) is 4.54. The fourth-order valence-electron chi connectivity index (χ4n) is 2.99. The number of anilines is 1. The number of carbonyl (C=O) groups excluding carboxylic acids is 1. The van der Waals surface area contributed by atoms with Crippen LogP contribution in [0.25, 0.3) is 6.08 Å². The molecule has 0 aliphatic rings. The number of nitrogens with one attached hydrogen (secondary N) is 2. The lowest BCUT2D eigenvalue weighted by Gasteiger charge is -2.11. The topological polar surface area (TPSA) is 97.4 Å². The van der Waals surface area contributed by atoms with Gasteiger partial charge < -0.3 is 10.1 Å². The number of terminal acetylenes is 1. The van der Waals surface area contributed by atoms with Crippen LogP contribution >= 0.6 is 0 Å². The van der Waals surface area contributed by atoms with Crippen molar-refractivity contribution in [2.24, 2.45) is 0 Å². The van der Waals surface area contributed by atoms with Crippen molar-refractivity contribution >= 4 is 27.7 Å². The number of hydrogen-bond donors (Lipinski definition) is 2. The molecule has 2 N–H and O–H groups in total. The molecule has 0 unspecified atom stereocenters. The monoisotopic (exact) mass is 513 g/mol. The van der Waals surface area contributed by atoms with E-state index in [0.29, 0.717) is 18.6 Å². The lowest BCUT2D eigenvalue weighted by molar-refractivity contribution is -0.141. The summed E-state index contributed by atoms with van der Waals surface area (Å²) >= 11 is 0. The number of methoxy groups -OCH3 is 1. The third kappa shape index (κ3) is 8.70.